The van der Waals surface area contributed by atoms with Crippen LogP contribution >= 0.6 is 0 Å². The van der Waals surface area contributed by atoms with Gasteiger partial charge < -0.3 is 5.32 Å². The third-order valence-electron chi connectivity index (χ3n) is 4.05. The van der Waals surface area contributed by atoms with Gasteiger partial charge in [-0.15, -0.1) is 0 Å². The van der Waals surface area contributed by atoms with Crippen molar-refractivity contribution in [3.8, 4) is 0 Å². The number of rotatable bonds is 5. The van der Waals surface area contributed by atoms with Crippen molar-refractivity contribution in [3.05, 3.63) is 30.1 Å². The standard InChI is InChI=1S/C15H25N3/c1-4-17-14(13-8-7-9-16-12-13)15(2,3)18-10-5-6-11-18/h7-9,12,14,17H,4-6,10-11H2,1-3H3. The highest BCUT2D eigenvalue weighted by Crippen LogP contribution is 2.33. The molecule has 2 rings (SSSR count). The molecule has 0 saturated carbocycles. The summed E-state index contributed by atoms with van der Waals surface area (Å²) in [6.07, 6.45) is 6.49. The fourth-order valence-electron chi connectivity index (χ4n) is 3.00. The maximum absolute atomic E-state index is 4.27. The number of nitrogens with zero attached hydrogens (tertiary/aromatic N) is 2. The molecule has 2 heterocycles. The predicted molar refractivity (Wildman–Crippen MR) is 75.5 cm³/mol. The summed E-state index contributed by atoms with van der Waals surface area (Å²) in [7, 11) is 0. The van der Waals surface area contributed by atoms with E-state index in [1.54, 1.807) is 0 Å². The van der Waals surface area contributed by atoms with Gasteiger partial charge in [0.05, 0.1) is 6.04 Å². The molecule has 3 heteroatoms. The van der Waals surface area contributed by atoms with Gasteiger partial charge in [-0.2, -0.15) is 0 Å². The quantitative estimate of drug-likeness (QED) is 0.867. The van der Waals surface area contributed by atoms with Crippen LogP contribution in [-0.4, -0.2) is 35.1 Å². The minimum absolute atomic E-state index is 0.134. The molecule has 0 spiro atoms. The minimum atomic E-state index is 0.134. The molecule has 1 aromatic heterocycles. The number of pyridine rings is 1. The lowest BCUT2D eigenvalue weighted by atomic mass is 9.87. The molecule has 1 atom stereocenters. The maximum atomic E-state index is 4.27. The number of likely N-dealkylation sites (N-methyl/N-ethyl adjacent to an activating group) is 1. The summed E-state index contributed by atoms with van der Waals surface area (Å²) < 4.78 is 0. The lowest BCUT2D eigenvalue weighted by Gasteiger charge is -2.42. The summed E-state index contributed by atoms with van der Waals surface area (Å²) in [5, 5.41) is 3.63. The first-order valence-electron chi connectivity index (χ1n) is 7.04. The van der Waals surface area contributed by atoms with Gasteiger partial charge in [-0.3, -0.25) is 9.88 Å². The van der Waals surface area contributed by atoms with Crippen molar-refractivity contribution in [1.82, 2.24) is 15.2 Å². The minimum Gasteiger partial charge on any atom is -0.309 e. The number of hydrogen-bond acceptors (Lipinski definition) is 3. The zero-order valence-corrected chi connectivity index (χ0v) is 11.8. The SMILES string of the molecule is CCNC(c1cccnc1)C(C)(C)N1CCCC1. The van der Waals surface area contributed by atoms with E-state index >= 15 is 0 Å². The molecule has 1 N–H and O–H groups in total. The molecule has 3 nitrogen and oxygen atoms in total. The normalized spacial score (nSPS) is 19.1. The van der Waals surface area contributed by atoms with E-state index in [9.17, 15) is 0 Å². The summed E-state index contributed by atoms with van der Waals surface area (Å²) in [5.41, 5.74) is 1.42. The molecule has 1 aromatic rings. The Hall–Kier alpha value is -0.930. The van der Waals surface area contributed by atoms with E-state index in [2.05, 4.69) is 42.0 Å². The number of hydrogen-bond donors (Lipinski definition) is 1. The zero-order chi connectivity index (χ0) is 13.0. The smallest absolute Gasteiger partial charge is 0.0517 e. The van der Waals surface area contributed by atoms with Gasteiger partial charge in [-0.1, -0.05) is 13.0 Å². The highest BCUT2D eigenvalue weighted by Gasteiger charge is 2.37. The fourth-order valence-corrected chi connectivity index (χ4v) is 3.00. The topological polar surface area (TPSA) is 28.2 Å². The van der Waals surface area contributed by atoms with Crippen LogP contribution < -0.4 is 5.32 Å². The van der Waals surface area contributed by atoms with Crippen LogP contribution in [0.2, 0.25) is 0 Å². The lowest BCUT2D eigenvalue weighted by Crippen LogP contribution is -2.51. The van der Waals surface area contributed by atoms with Crippen molar-refractivity contribution < 1.29 is 0 Å². The van der Waals surface area contributed by atoms with Gasteiger partial charge in [-0.25, -0.2) is 0 Å². The largest absolute Gasteiger partial charge is 0.309 e. The summed E-state index contributed by atoms with van der Waals surface area (Å²) >= 11 is 0. The second-order valence-electron chi connectivity index (χ2n) is 5.62. The molecule has 1 aliphatic rings. The molecule has 1 fully saturated rings. The third-order valence-corrected chi connectivity index (χ3v) is 4.05. The van der Waals surface area contributed by atoms with E-state index in [0.29, 0.717) is 6.04 Å². The van der Waals surface area contributed by atoms with Crippen LogP contribution in [-0.2, 0) is 0 Å². The molecule has 1 aliphatic heterocycles. The zero-order valence-electron chi connectivity index (χ0n) is 11.8. The molecule has 1 saturated heterocycles. The van der Waals surface area contributed by atoms with Gasteiger partial charge >= 0.3 is 0 Å². The molecule has 0 amide bonds. The third kappa shape index (κ3) is 2.73. The van der Waals surface area contributed by atoms with Crippen LogP contribution in [0.3, 0.4) is 0 Å². The Kier molecular flexibility index (Phi) is 4.36. The molecular weight excluding hydrogens is 222 g/mol. The van der Waals surface area contributed by atoms with Crippen molar-refractivity contribution in [2.45, 2.75) is 45.2 Å². The first-order valence-corrected chi connectivity index (χ1v) is 7.04. The fraction of sp³-hybridized carbons (Fsp3) is 0.667. The summed E-state index contributed by atoms with van der Waals surface area (Å²) in [6.45, 7) is 10.3. The molecule has 0 bridgehead atoms. The Balaban J connectivity index is 2.23. The van der Waals surface area contributed by atoms with Crippen molar-refractivity contribution in [1.29, 1.82) is 0 Å². The van der Waals surface area contributed by atoms with Gasteiger partial charge in [0.2, 0.25) is 0 Å². The van der Waals surface area contributed by atoms with E-state index < -0.39 is 0 Å². The van der Waals surface area contributed by atoms with Crippen LogP contribution in [0.25, 0.3) is 0 Å². The molecule has 1 unspecified atom stereocenters. The summed E-state index contributed by atoms with van der Waals surface area (Å²) in [6, 6.07) is 4.55. The van der Waals surface area contributed by atoms with Gasteiger partial charge in [-0.05, 0) is 58.0 Å². The predicted octanol–water partition coefficient (Wildman–Crippen LogP) is 2.61. The number of likely N-dealkylation sites (tertiary alicyclic amines) is 1. The monoisotopic (exact) mass is 247 g/mol. The van der Waals surface area contributed by atoms with E-state index in [-0.39, 0.29) is 5.54 Å². The molecule has 100 valence electrons. The molecule has 0 radical (unpaired) electrons. The molecule has 18 heavy (non-hydrogen) atoms. The van der Waals surface area contributed by atoms with Crippen LogP contribution in [0.15, 0.2) is 24.5 Å². The van der Waals surface area contributed by atoms with Gasteiger partial charge in [0.15, 0.2) is 0 Å². The Bertz CT molecular complexity index is 355. The van der Waals surface area contributed by atoms with Crippen LogP contribution in [0.1, 0.15) is 45.2 Å². The number of nitrogens with one attached hydrogen (secondary N) is 1. The van der Waals surface area contributed by atoms with Crippen LogP contribution in [0, 0.1) is 0 Å². The first kappa shape index (κ1) is 13.5. The van der Waals surface area contributed by atoms with Crippen molar-refractivity contribution in [3.63, 3.8) is 0 Å². The second-order valence-corrected chi connectivity index (χ2v) is 5.62. The van der Waals surface area contributed by atoms with Crippen molar-refractivity contribution in [2.75, 3.05) is 19.6 Å². The Morgan fingerprint density at radius 1 is 1.39 bits per heavy atom. The van der Waals surface area contributed by atoms with E-state index in [1.165, 1.54) is 31.5 Å². The highest BCUT2D eigenvalue weighted by atomic mass is 15.2. The van der Waals surface area contributed by atoms with Crippen LogP contribution in [0.5, 0.6) is 0 Å². The van der Waals surface area contributed by atoms with Crippen molar-refractivity contribution in [2.24, 2.45) is 0 Å². The molecular formula is C15H25N3. The summed E-state index contributed by atoms with van der Waals surface area (Å²) in [5.74, 6) is 0. The average Bonchev–Trinajstić information content (AvgIpc) is 2.91. The van der Waals surface area contributed by atoms with E-state index in [0.717, 1.165) is 6.54 Å². The Labute approximate surface area is 111 Å². The molecule has 0 aliphatic carbocycles. The van der Waals surface area contributed by atoms with Gasteiger partial charge in [0, 0.05) is 17.9 Å². The van der Waals surface area contributed by atoms with E-state index in [4.69, 9.17) is 0 Å². The number of aromatic nitrogens is 1. The lowest BCUT2D eigenvalue weighted by molar-refractivity contribution is 0.107. The Morgan fingerprint density at radius 2 is 2.11 bits per heavy atom. The van der Waals surface area contributed by atoms with Gasteiger partial charge in [0.25, 0.3) is 0 Å². The maximum Gasteiger partial charge on any atom is 0.0517 e. The first-order chi connectivity index (χ1) is 8.66. The summed E-state index contributed by atoms with van der Waals surface area (Å²) in [4.78, 5) is 6.87. The van der Waals surface area contributed by atoms with Crippen LogP contribution in [0.4, 0.5) is 0 Å². The Morgan fingerprint density at radius 3 is 2.67 bits per heavy atom. The van der Waals surface area contributed by atoms with Gasteiger partial charge in [0.1, 0.15) is 0 Å². The van der Waals surface area contributed by atoms with Crippen molar-refractivity contribution >= 4 is 0 Å². The molecule has 0 aromatic carbocycles. The van der Waals surface area contributed by atoms with E-state index in [1.807, 2.05) is 18.5 Å². The second kappa shape index (κ2) is 5.81. The average molecular weight is 247 g/mol. The highest BCUT2D eigenvalue weighted by molar-refractivity contribution is 5.19.